The van der Waals surface area contributed by atoms with E-state index in [0.29, 0.717) is 5.69 Å². The van der Waals surface area contributed by atoms with Crippen molar-refractivity contribution in [3.05, 3.63) is 30.1 Å². The normalized spacial score (nSPS) is 10.1. The number of benzene rings is 1. The van der Waals surface area contributed by atoms with Gasteiger partial charge in [0.05, 0.1) is 0 Å². The van der Waals surface area contributed by atoms with E-state index >= 15 is 0 Å². The first-order valence-electron chi connectivity index (χ1n) is 4.43. The third kappa shape index (κ3) is 2.32. The van der Waals surface area contributed by atoms with Crippen molar-refractivity contribution < 1.29 is 4.39 Å². The molecule has 1 aromatic heterocycles. The van der Waals surface area contributed by atoms with Crippen molar-refractivity contribution in [2.75, 3.05) is 16.8 Å². The minimum atomic E-state index is -0.319. The maximum absolute atomic E-state index is 12.6. The van der Waals surface area contributed by atoms with E-state index in [-0.39, 0.29) is 23.7 Å². The minimum absolute atomic E-state index is 0.0251. The van der Waals surface area contributed by atoms with Gasteiger partial charge in [-0.2, -0.15) is 15.0 Å². The molecule has 0 spiro atoms. The van der Waals surface area contributed by atoms with Crippen LogP contribution >= 0.6 is 0 Å². The molecule has 0 aliphatic rings. The number of hydrogen-bond donors (Lipinski definition) is 3. The van der Waals surface area contributed by atoms with Crippen LogP contribution in [0.2, 0.25) is 0 Å². The molecule has 0 aliphatic heterocycles. The average Bonchev–Trinajstić information content (AvgIpc) is 2.20. The van der Waals surface area contributed by atoms with Crippen LogP contribution in [0.15, 0.2) is 24.3 Å². The molecule has 0 bridgehead atoms. The smallest absolute Gasteiger partial charge is 0.233 e. The highest BCUT2D eigenvalue weighted by Gasteiger charge is 2.01. The van der Waals surface area contributed by atoms with Crippen molar-refractivity contribution in [3.63, 3.8) is 0 Å². The van der Waals surface area contributed by atoms with Gasteiger partial charge in [0.15, 0.2) is 0 Å². The van der Waals surface area contributed by atoms with Crippen LogP contribution < -0.4 is 16.8 Å². The molecule has 0 aliphatic carbocycles. The molecule has 5 N–H and O–H groups in total. The minimum Gasteiger partial charge on any atom is -0.368 e. The lowest BCUT2D eigenvalue weighted by Gasteiger charge is -2.05. The number of nitrogens with zero attached hydrogens (tertiary/aromatic N) is 3. The first-order valence-corrected chi connectivity index (χ1v) is 4.43. The quantitative estimate of drug-likeness (QED) is 0.695. The van der Waals surface area contributed by atoms with Gasteiger partial charge in [-0.05, 0) is 24.3 Å². The van der Waals surface area contributed by atoms with E-state index in [4.69, 9.17) is 11.5 Å². The van der Waals surface area contributed by atoms with Gasteiger partial charge in [0.25, 0.3) is 0 Å². The maximum Gasteiger partial charge on any atom is 0.233 e. The van der Waals surface area contributed by atoms with Crippen LogP contribution in [-0.2, 0) is 0 Å². The Labute approximate surface area is 90.5 Å². The van der Waals surface area contributed by atoms with Gasteiger partial charge < -0.3 is 16.8 Å². The third-order valence-electron chi connectivity index (χ3n) is 1.77. The van der Waals surface area contributed by atoms with E-state index < -0.39 is 0 Å². The molecule has 0 fully saturated rings. The number of anilines is 4. The van der Waals surface area contributed by atoms with E-state index in [1.807, 2.05) is 0 Å². The Morgan fingerprint density at radius 2 is 1.50 bits per heavy atom. The number of nitrogens with two attached hydrogens (primary N) is 2. The van der Waals surface area contributed by atoms with Crippen LogP contribution in [0, 0.1) is 5.82 Å². The Balaban J connectivity index is 2.23. The zero-order valence-corrected chi connectivity index (χ0v) is 8.18. The van der Waals surface area contributed by atoms with Crippen molar-refractivity contribution in [1.82, 2.24) is 15.0 Å². The summed E-state index contributed by atoms with van der Waals surface area (Å²) in [7, 11) is 0. The lowest BCUT2D eigenvalue weighted by molar-refractivity contribution is 0.628. The second kappa shape index (κ2) is 3.97. The summed E-state index contributed by atoms with van der Waals surface area (Å²) in [5.74, 6) is -0.0499. The number of rotatable bonds is 2. The second-order valence-corrected chi connectivity index (χ2v) is 3.01. The highest BCUT2D eigenvalue weighted by atomic mass is 19.1. The Hall–Kier alpha value is -2.44. The highest BCUT2D eigenvalue weighted by Crippen LogP contribution is 2.14. The Morgan fingerprint density at radius 3 is 2.06 bits per heavy atom. The van der Waals surface area contributed by atoms with E-state index in [9.17, 15) is 4.39 Å². The molecule has 1 heterocycles. The summed E-state index contributed by atoms with van der Waals surface area (Å²) in [6.45, 7) is 0. The lowest BCUT2D eigenvalue weighted by atomic mass is 10.3. The molecule has 0 saturated heterocycles. The first-order chi connectivity index (χ1) is 7.63. The van der Waals surface area contributed by atoms with Crippen LogP contribution in [0.3, 0.4) is 0 Å². The van der Waals surface area contributed by atoms with Crippen LogP contribution in [0.5, 0.6) is 0 Å². The molecule has 6 nitrogen and oxygen atoms in total. The molecule has 82 valence electrons. The standard InChI is InChI=1S/C9H9FN6/c10-5-1-3-6(4-2-5)13-9-15-7(11)14-8(12)16-9/h1-4H,(H5,11,12,13,14,15,16). The maximum atomic E-state index is 12.6. The molecule has 0 saturated carbocycles. The summed E-state index contributed by atoms with van der Waals surface area (Å²) in [5, 5.41) is 2.82. The molecule has 0 amide bonds. The number of halogens is 1. The number of nitrogen functional groups attached to an aromatic ring is 2. The van der Waals surface area contributed by atoms with Gasteiger partial charge >= 0.3 is 0 Å². The molecular formula is C9H9FN6. The summed E-state index contributed by atoms with van der Waals surface area (Å²) in [5.41, 5.74) is 11.4. The number of aromatic nitrogens is 3. The molecule has 7 heteroatoms. The van der Waals surface area contributed by atoms with E-state index in [1.54, 1.807) is 12.1 Å². The van der Waals surface area contributed by atoms with Crippen LogP contribution in [0.1, 0.15) is 0 Å². The zero-order valence-electron chi connectivity index (χ0n) is 8.18. The van der Waals surface area contributed by atoms with E-state index in [1.165, 1.54) is 12.1 Å². The molecule has 0 atom stereocenters. The van der Waals surface area contributed by atoms with Crippen LogP contribution in [0.4, 0.5) is 27.9 Å². The summed E-state index contributed by atoms with van der Waals surface area (Å²) >= 11 is 0. The van der Waals surface area contributed by atoms with E-state index in [0.717, 1.165) is 0 Å². The number of nitrogens with one attached hydrogen (secondary N) is 1. The van der Waals surface area contributed by atoms with Crippen molar-refractivity contribution in [2.24, 2.45) is 0 Å². The van der Waals surface area contributed by atoms with E-state index in [2.05, 4.69) is 20.3 Å². The Kier molecular flexibility index (Phi) is 2.50. The summed E-state index contributed by atoms with van der Waals surface area (Å²) < 4.78 is 12.6. The van der Waals surface area contributed by atoms with Crippen molar-refractivity contribution >= 4 is 23.5 Å². The first kappa shape index (κ1) is 10.1. The molecule has 0 radical (unpaired) electrons. The van der Waals surface area contributed by atoms with Crippen molar-refractivity contribution in [2.45, 2.75) is 0 Å². The highest BCUT2D eigenvalue weighted by molar-refractivity contribution is 5.54. The Morgan fingerprint density at radius 1 is 0.938 bits per heavy atom. The molecule has 2 aromatic rings. The number of hydrogen-bond acceptors (Lipinski definition) is 6. The summed E-state index contributed by atoms with van der Waals surface area (Å²) in [6, 6.07) is 5.73. The predicted octanol–water partition coefficient (Wildman–Crippen LogP) is 0.919. The van der Waals surface area contributed by atoms with Crippen molar-refractivity contribution in [1.29, 1.82) is 0 Å². The summed E-state index contributed by atoms with van der Waals surface area (Å²) in [6.07, 6.45) is 0. The van der Waals surface area contributed by atoms with Gasteiger partial charge in [-0.1, -0.05) is 0 Å². The van der Waals surface area contributed by atoms with Crippen molar-refractivity contribution in [3.8, 4) is 0 Å². The predicted molar refractivity (Wildman–Crippen MR) is 58.3 cm³/mol. The SMILES string of the molecule is Nc1nc(N)nc(Nc2ccc(F)cc2)n1. The van der Waals surface area contributed by atoms with Gasteiger partial charge in [0, 0.05) is 5.69 Å². The van der Waals surface area contributed by atoms with Gasteiger partial charge in [-0.15, -0.1) is 0 Å². The zero-order chi connectivity index (χ0) is 11.5. The molecule has 2 rings (SSSR count). The monoisotopic (exact) mass is 220 g/mol. The van der Waals surface area contributed by atoms with Gasteiger partial charge in [0.1, 0.15) is 5.82 Å². The lowest BCUT2D eigenvalue weighted by Crippen LogP contribution is -2.06. The van der Waals surface area contributed by atoms with Crippen LogP contribution in [0.25, 0.3) is 0 Å². The fourth-order valence-electron chi connectivity index (χ4n) is 1.13. The fourth-order valence-corrected chi connectivity index (χ4v) is 1.13. The molecular weight excluding hydrogens is 211 g/mol. The fraction of sp³-hybridized carbons (Fsp3) is 0. The Bertz CT molecular complexity index is 478. The molecule has 16 heavy (non-hydrogen) atoms. The van der Waals surface area contributed by atoms with Crippen LogP contribution in [-0.4, -0.2) is 15.0 Å². The van der Waals surface area contributed by atoms with Gasteiger partial charge in [-0.3, -0.25) is 0 Å². The van der Waals surface area contributed by atoms with Gasteiger partial charge in [0.2, 0.25) is 17.8 Å². The summed E-state index contributed by atoms with van der Waals surface area (Å²) in [4.78, 5) is 11.3. The molecule has 1 aromatic carbocycles. The third-order valence-corrected chi connectivity index (χ3v) is 1.77. The second-order valence-electron chi connectivity index (χ2n) is 3.01. The molecule has 0 unspecified atom stereocenters. The average molecular weight is 220 g/mol. The largest absolute Gasteiger partial charge is 0.368 e. The van der Waals surface area contributed by atoms with Gasteiger partial charge in [-0.25, -0.2) is 4.39 Å². The topological polar surface area (TPSA) is 103 Å².